The van der Waals surface area contributed by atoms with Crippen LogP contribution in [0.4, 0.5) is 11.4 Å². The van der Waals surface area contributed by atoms with Crippen molar-refractivity contribution in [3.8, 4) is 0 Å². The van der Waals surface area contributed by atoms with Gasteiger partial charge >= 0.3 is 0 Å². The molecule has 0 aliphatic rings. The van der Waals surface area contributed by atoms with Crippen molar-refractivity contribution >= 4 is 23.2 Å². The summed E-state index contributed by atoms with van der Waals surface area (Å²) < 4.78 is 0. The Labute approximate surface area is 107 Å². The van der Waals surface area contributed by atoms with Crippen LogP contribution < -0.4 is 16.0 Å². The number of likely N-dealkylation sites (N-methyl/N-ethyl adjacent to an activating group) is 1. The average Bonchev–Trinajstić information content (AvgIpc) is 2.37. The Morgan fingerprint density at radius 3 is 2.39 bits per heavy atom. The molecule has 0 bridgehead atoms. The van der Waals surface area contributed by atoms with Crippen molar-refractivity contribution in [3.05, 3.63) is 24.3 Å². The normalized spacial score (nSPS) is 11.7. The van der Waals surface area contributed by atoms with Gasteiger partial charge in [0.25, 0.3) is 0 Å². The molecule has 1 aromatic carbocycles. The molecule has 18 heavy (non-hydrogen) atoms. The van der Waals surface area contributed by atoms with E-state index in [1.807, 2.05) is 0 Å². The average molecular weight is 249 g/mol. The van der Waals surface area contributed by atoms with Crippen LogP contribution in [0.3, 0.4) is 0 Å². The summed E-state index contributed by atoms with van der Waals surface area (Å²) in [6.07, 6.45) is 0.424. The minimum absolute atomic E-state index is 0.0536. The molecule has 5 heteroatoms. The highest BCUT2D eigenvalue weighted by Crippen LogP contribution is 2.15. The van der Waals surface area contributed by atoms with Crippen LogP contribution in [-0.4, -0.2) is 24.9 Å². The van der Waals surface area contributed by atoms with Gasteiger partial charge in [0.05, 0.1) is 6.04 Å². The predicted molar refractivity (Wildman–Crippen MR) is 72.5 cm³/mol. The molecule has 1 aromatic rings. The largest absolute Gasteiger partial charge is 0.326 e. The van der Waals surface area contributed by atoms with Crippen molar-refractivity contribution in [1.29, 1.82) is 0 Å². The molecule has 1 unspecified atom stereocenters. The number of amides is 2. The van der Waals surface area contributed by atoms with E-state index in [-0.39, 0.29) is 17.9 Å². The molecule has 0 aliphatic heterocycles. The van der Waals surface area contributed by atoms with Crippen LogP contribution in [0.5, 0.6) is 0 Å². The second kappa shape index (κ2) is 6.76. The van der Waals surface area contributed by atoms with E-state index in [2.05, 4.69) is 16.0 Å². The third-order valence-corrected chi connectivity index (χ3v) is 2.56. The SMILES string of the molecule is CCC(=O)Nc1cccc(NC(=O)C(C)NC)c1. The number of hydrogen-bond donors (Lipinski definition) is 3. The Morgan fingerprint density at radius 1 is 1.22 bits per heavy atom. The summed E-state index contributed by atoms with van der Waals surface area (Å²) >= 11 is 0. The lowest BCUT2D eigenvalue weighted by Gasteiger charge is -2.12. The molecule has 0 heterocycles. The van der Waals surface area contributed by atoms with Crippen LogP contribution >= 0.6 is 0 Å². The van der Waals surface area contributed by atoms with E-state index in [0.717, 1.165) is 0 Å². The quantitative estimate of drug-likeness (QED) is 0.742. The highest BCUT2D eigenvalue weighted by molar-refractivity contribution is 5.96. The smallest absolute Gasteiger partial charge is 0.241 e. The zero-order valence-corrected chi connectivity index (χ0v) is 10.9. The first-order valence-corrected chi connectivity index (χ1v) is 5.94. The summed E-state index contributed by atoms with van der Waals surface area (Å²) in [6, 6.07) is 6.81. The Bertz CT molecular complexity index is 432. The highest BCUT2D eigenvalue weighted by atomic mass is 16.2. The van der Waals surface area contributed by atoms with Crippen LogP contribution in [0.1, 0.15) is 20.3 Å². The van der Waals surface area contributed by atoms with E-state index >= 15 is 0 Å². The number of carbonyl (C=O) groups is 2. The summed E-state index contributed by atoms with van der Waals surface area (Å²) in [5, 5.41) is 8.37. The third-order valence-electron chi connectivity index (χ3n) is 2.56. The van der Waals surface area contributed by atoms with E-state index < -0.39 is 0 Å². The first-order valence-electron chi connectivity index (χ1n) is 5.94. The fraction of sp³-hybridized carbons (Fsp3) is 0.385. The summed E-state index contributed by atoms with van der Waals surface area (Å²) in [6.45, 7) is 3.56. The standard InChI is InChI=1S/C13H19N3O2/c1-4-12(17)15-10-6-5-7-11(8-10)16-13(18)9(2)14-3/h5-9,14H,4H2,1-3H3,(H,15,17)(H,16,18). The second-order valence-corrected chi connectivity index (χ2v) is 3.98. The number of hydrogen-bond acceptors (Lipinski definition) is 3. The zero-order valence-electron chi connectivity index (χ0n) is 10.9. The highest BCUT2D eigenvalue weighted by Gasteiger charge is 2.10. The molecular formula is C13H19N3O2. The summed E-state index contributed by atoms with van der Waals surface area (Å²) in [4.78, 5) is 22.9. The Kier molecular flexibility index (Phi) is 5.32. The lowest BCUT2D eigenvalue weighted by atomic mass is 10.2. The molecule has 5 nitrogen and oxygen atoms in total. The van der Waals surface area contributed by atoms with Crippen molar-refractivity contribution in [2.75, 3.05) is 17.7 Å². The van der Waals surface area contributed by atoms with Crippen molar-refractivity contribution in [2.45, 2.75) is 26.3 Å². The summed E-state index contributed by atoms with van der Waals surface area (Å²) in [7, 11) is 1.72. The monoisotopic (exact) mass is 249 g/mol. The first-order chi connectivity index (χ1) is 8.56. The molecule has 0 aromatic heterocycles. The summed E-state index contributed by atoms with van der Waals surface area (Å²) in [5.74, 6) is -0.168. The van der Waals surface area contributed by atoms with Gasteiger partial charge in [0.15, 0.2) is 0 Å². The Morgan fingerprint density at radius 2 is 1.83 bits per heavy atom. The second-order valence-electron chi connectivity index (χ2n) is 3.98. The van der Waals surface area contributed by atoms with Crippen molar-refractivity contribution in [2.24, 2.45) is 0 Å². The van der Waals surface area contributed by atoms with Gasteiger partial charge in [0, 0.05) is 17.8 Å². The molecule has 2 amide bonds. The molecule has 0 saturated heterocycles. The molecular weight excluding hydrogens is 230 g/mol. The lowest BCUT2D eigenvalue weighted by molar-refractivity contribution is -0.117. The maximum Gasteiger partial charge on any atom is 0.241 e. The van der Waals surface area contributed by atoms with Gasteiger partial charge in [0.2, 0.25) is 11.8 Å². The van der Waals surface area contributed by atoms with Crippen LogP contribution in [0.15, 0.2) is 24.3 Å². The van der Waals surface area contributed by atoms with E-state index in [0.29, 0.717) is 17.8 Å². The van der Waals surface area contributed by atoms with E-state index in [9.17, 15) is 9.59 Å². The van der Waals surface area contributed by atoms with Gasteiger partial charge in [-0.1, -0.05) is 13.0 Å². The minimum Gasteiger partial charge on any atom is -0.326 e. The van der Waals surface area contributed by atoms with E-state index in [1.54, 1.807) is 45.2 Å². The Balaban J connectivity index is 2.70. The van der Waals surface area contributed by atoms with Crippen LogP contribution in [0.2, 0.25) is 0 Å². The summed E-state index contributed by atoms with van der Waals surface area (Å²) in [5.41, 5.74) is 1.34. The Hall–Kier alpha value is -1.88. The van der Waals surface area contributed by atoms with Crippen molar-refractivity contribution in [3.63, 3.8) is 0 Å². The van der Waals surface area contributed by atoms with Gasteiger partial charge in [0.1, 0.15) is 0 Å². The number of anilines is 2. The van der Waals surface area contributed by atoms with Crippen molar-refractivity contribution < 1.29 is 9.59 Å². The number of benzene rings is 1. The van der Waals surface area contributed by atoms with Crippen molar-refractivity contribution in [1.82, 2.24) is 5.32 Å². The third kappa shape index (κ3) is 4.18. The van der Waals surface area contributed by atoms with Crippen LogP contribution in [-0.2, 0) is 9.59 Å². The maximum atomic E-state index is 11.7. The van der Waals surface area contributed by atoms with E-state index in [1.165, 1.54) is 0 Å². The molecule has 0 saturated carbocycles. The molecule has 0 spiro atoms. The molecule has 0 aliphatic carbocycles. The fourth-order valence-electron chi connectivity index (χ4n) is 1.31. The molecule has 98 valence electrons. The molecule has 1 atom stereocenters. The fourth-order valence-corrected chi connectivity index (χ4v) is 1.31. The first kappa shape index (κ1) is 14.2. The maximum absolute atomic E-state index is 11.7. The minimum atomic E-state index is -0.265. The number of rotatable bonds is 5. The lowest BCUT2D eigenvalue weighted by Crippen LogP contribution is -2.35. The van der Waals surface area contributed by atoms with E-state index in [4.69, 9.17) is 0 Å². The van der Waals surface area contributed by atoms with Gasteiger partial charge in [-0.2, -0.15) is 0 Å². The van der Waals surface area contributed by atoms with Crippen LogP contribution in [0.25, 0.3) is 0 Å². The number of carbonyl (C=O) groups excluding carboxylic acids is 2. The molecule has 1 rings (SSSR count). The van der Waals surface area contributed by atoms with Gasteiger partial charge in [-0.3, -0.25) is 9.59 Å². The number of nitrogens with one attached hydrogen (secondary N) is 3. The molecule has 0 fully saturated rings. The van der Waals surface area contributed by atoms with Crippen LogP contribution in [0, 0.1) is 0 Å². The van der Waals surface area contributed by atoms with Gasteiger partial charge < -0.3 is 16.0 Å². The van der Waals surface area contributed by atoms with Gasteiger partial charge in [-0.15, -0.1) is 0 Å². The van der Waals surface area contributed by atoms with Gasteiger partial charge in [-0.25, -0.2) is 0 Å². The zero-order chi connectivity index (χ0) is 13.5. The van der Waals surface area contributed by atoms with Gasteiger partial charge in [-0.05, 0) is 32.2 Å². The molecule has 0 radical (unpaired) electrons. The predicted octanol–water partition coefficient (Wildman–Crippen LogP) is 1.58. The molecule has 3 N–H and O–H groups in total. The topological polar surface area (TPSA) is 70.2 Å².